The Morgan fingerprint density at radius 3 is 2.80 bits per heavy atom. The molecular formula is C9H13N3O2S. The Hall–Kier alpha value is -1.14. The zero-order chi connectivity index (χ0) is 10.7. The van der Waals surface area contributed by atoms with Crippen LogP contribution in [0.5, 0.6) is 0 Å². The highest BCUT2D eigenvalue weighted by Crippen LogP contribution is 2.19. The predicted octanol–water partition coefficient (Wildman–Crippen LogP) is 1.65. The third-order valence-corrected chi connectivity index (χ3v) is 3.22. The Kier molecular flexibility index (Phi) is 3.17. The minimum atomic E-state index is -0.917. The molecule has 1 aromatic heterocycles. The van der Waals surface area contributed by atoms with Crippen LogP contribution in [-0.4, -0.2) is 34.2 Å². The highest BCUT2D eigenvalue weighted by Gasteiger charge is 2.13. The summed E-state index contributed by atoms with van der Waals surface area (Å²) in [7, 11) is 0. The number of hydrogen-bond acceptors (Lipinski definition) is 5. The summed E-state index contributed by atoms with van der Waals surface area (Å²) >= 11 is 1.17. The molecule has 1 aliphatic heterocycles. The highest BCUT2D eigenvalue weighted by atomic mass is 32.1. The van der Waals surface area contributed by atoms with Crippen molar-refractivity contribution in [2.75, 3.05) is 18.5 Å². The zero-order valence-corrected chi connectivity index (χ0v) is 9.09. The van der Waals surface area contributed by atoms with Crippen LogP contribution in [0.2, 0.25) is 0 Å². The van der Waals surface area contributed by atoms with Crippen molar-refractivity contribution >= 4 is 22.4 Å². The molecule has 0 amide bonds. The van der Waals surface area contributed by atoms with E-state index < -0.39 is 5.97 Å². The molecule has 1 fully saturated rings. The van der Waals surface area contributed by atoms with E-state index in [0.717, 1.165) is 13.1 Å². The fourth-order valence-electron chi connectivity index (χ4n) is 1.57. The van der Waals surface area contributed by atoms with Crippen molar-refractivity contribution in [3.05, 3.63) is 11.1 Å². The van der Waals surface area contributed by atoms with Crippen LogP contribution < -0.4 is 5.43 Å². The number of piperidine rings is 1. The van der Waals surface area contributed by atoms with Gasteiger partial charge in [0.05, 0.1) is 6.20 Å². The van der Waals surface area contributed by atoms with E-state index in [4.69, 9.17) is 5.11 Å². The molecule has 0 unspecified atom stereocenters. The van der Waals surface area contributed by atoms with Crippen molar-refractivity contribution in [3.63, 3.8) is 0 Å². The van der Waals surface area contributed by atoms with Crippen LogP contribution >= 0.6 is 11.3 Å². The van der Waals surface area contributed by atoms with Crippen molar-refractivity contribution in [1.82, 2.24) is 9.99 Å². The number of nitrogens with one attached hydrogen (secondary N) is 1. The van der Waals surface area contributed by atoms with Gasteiger partial charge in [-0.1, -0.05) is 17.8 Å². The molecule has 15 heavy (non-hydrogen) atoms. The largest absolute Gasteiger partial charge is 0.477 e. The molecule has 0 radical (unpaired) electrons. The van der Waals surface area contributed by atoms with Crippen molar-refractivity contribution in [3.8, 4) is 0 Å². The summed E-state index contributed by atoms with van der Waals surface area (Å²) in [6.07, 6.45) is 5.03. The molecule has 1 saturated heterocycles. The number of anilines is 1. The lowest BCUT2D eigenvalue weighted by Gasteiger charge is -2.26. The van der Waals surface area contributed by atoms with Gasteiger partial charge in [0.2, 0.25) is 0 Å². The van der Waals surface area contributed by atoms with Gasteiger partial charge in [-0.2, -0.15) is 0 Å². The standard InChI is InChI=1S/C9H13N3O2S/c13-8(14)7-6-10-9(15-7)11-12-4-2-1-3-5-12/h6H,1-5H2,(H,10,11)(H,13,14). The predicted molar refractivity (Wildman–Crippen MR) is 58.1 cm³/mol. The number of carboxylic acid groups (broad SMARTS) is 1. The minimum absolute atomic E-state index is 0.273. The summed E-state index contributed by atoms with van der Waals surface area (Å²) in [6, 6.07) is 0. The highest BCUT2D eigenvalue weighted by molar-refractivity contribution is 7.17. The molecule has 2 heterocycles. The second-order valence-corrected chi connectivity index (χ2v) is 4.52. The molecule has 2 rings (SSSR count). The fraction of sp³-hybridized carbons (Fsp3) is 0.556. The average molecular weight is 227 g/mol. The normalized spacial score (nSPS) is 17.6. The average Bonchev–Trinajstić information content (AvgIpc) is 2.68. The molecule has 0 bridgehead atoms. The number of carboxylic acids is 1. The lowest BCUT2D eigenvalue weighted by molar-refractivity contribution is 0.0702. The second kappa shape index (κ2) is 4.59. The summed E-state index contributed by atoms with van der Waals surface area (Å²) < 4.78 is 0. The Balaban J connectivity index is 1.94. The maximum Gasteiger partial charge on any atom is 0.347 e. The number of aromatic carboxylic acids is 1. The van der Waals surface area contributed by atoms with E-state index in [0.29, 0.717) is 5.13 Å². The monoisotopic (exact) mass is 227 g/mol. The van der Waals surface area contributed by atoms with Gasteiger partial charge in [-0.05, 0) is 12.8 Å². The summed E-state index contributed by atoms with van der Waals surface area (Å²) in [6.45, 7) is 2.00. The first-order valence-electron chi connectivity index (χ1n) is 4.96. The first kappa shape index (κ1) is 10.4. The maximum absolute atomic E-state index is 10.6. The molecule has 5 nitrogen and oxygen atoms in total. The second-order valence-electron chi connectivity index (χ2n) is 3.49. The number of aromatic nitrogens is 1. The van der Waals surface area contributed by atoms with Crippen LogP contribution in [0.15, 0.2) is 6.20 Å². The van der Waals surface area contributed by atoms with E-state index in [2.05, 4.69) is 15.4 Å². The molecule has 0 atom stereocenters. The molecule has 0 saturated carbocycles. The SMILES string of the molecule is O=C(O)c1cnc(NN2CCCCC2)s1. The van der Waals surface area contributed by atoms with Crippen LogP contribution in [0.4, 0.5) is 5.13 Å². The molecule has 6 heteroatoms. The molecule has 0 aliphatic carbocycles. The lowest BCUT2D eigenvalue weighted by Crippen LogP contribution is -2.34. The first-order valence-corrected chi connectivity index (χ1v) is 5.78. The van der Waals surface area contributed by atoms with E-state index >= 15 is 0 Å². The van der Waals surface area contributed by atoms with Crippen molar-refractivity contribution in [2.45, 2.75) is 19.3 Å². The summed E-state index contributed by atoms with van der Waals surface area (Å²) in [5.41, 5.74) is 3.13. The molecule has 0 spiro atoms. The topological polar surface area (TPSA) is 65.5 Å². The Morgan fingerprint density at radius 1 is 1.47 bits per heavy atom. The van der Waals surface area contributed by atoms with E-state index in [1.807, 2.05) is 0 Å². The van der Waals surface area contributed by atoms with Gasteiger partial charge in [-0.25, -0.2) is 14.8 Å². The quantitative estimate of drug-likeness (QED) is 0.822. The van der Waals surface area contributed by atoms with Gasteiger partial charge in [0.1, 0.15) is 4.88 Å². The van der Waals surface area contributed by atoms with Crippen LogP contribution in [0.3, 0.4) is 0 Å². The molecule has 1 aliphatic rings. The third kappa shape index (κ3) is 2.66. The van der Waals surface area contributed by atoms with E-state index in [-0.39, 0.29) is 4.88 Å². The van der Waals surface area contributed by atoms with Crippen LogP contribution in [-0.2, 0) is 0 Å². The van der Waals surface area contributed by atoms with E-state index in [9.17, 15) is 4.79 Å². The smallest absolute Gasteiger partial charge is 0.347 e. The number of rotatable bonds is 3. The van der Waals surface area contributed by atoms with Crippen LogP contribution in [0.25, 0.3) is 0 Å². The number of hydrogen-bond donors (Lipinski definition) is 2. The van der Waals surface area contributed by atoms with E-state index in [1.165, 1.54) is 36.8 Å². The van der Waals surface area contributed by atoms with Crippen LogP contribution in [0.1, 0.15) is 28.9 Å². The Morgan fingerprint density at radius 2 is 2.20 bits per heavy atom. The summed E-state index contributed by atoms with van der Waals surface area (Å²) in [5, 5.41) is 11.5. The van der Waals surface area contributed by atoms with Gasteiger partial charge in [-0.15, -0.1) is 0 Å². The molecular weight excluding hydrogens is 214 g/mol. The molecule has 2 N–H and O–H groups in total. The minimum Gasteiger partial charge on any atom is -0.477 e. The van der Waals surface area contributed by atoms with Gasteiger partial charge in [0, 0.05) is 13.1 Å². The van der Waals surface area contributed by atoms with Crippen LogP contribution in [0, 0.1) is 0 Å². The lowest BCUT2D eigenvalue weighted by atomic mass is 10.2. The number of thiazole rings is 1. The number of carbonyl (C=O) groups is 1. The molecule has 0 aromatic carbocycles. The molecule has 82 valence electrons. The zero-order valence-electron chi connectivity index (χ0n) is 8.27. The number of nitrogens with zero attached hydrogens (tertiary/aromatic N) is 2. The van der Waals surface area contributed by atoms with Crippen molar-refractivity contribution in [2.24, 2.45) is 0 Å². The fourth-order valence-corrected chi connectivity index (χ4v) is 2.25. The van der Waals surface area contributed by atoms with Gasteiger partial charge >= 0.3 is 5.97 Å². The maximum atomic E-state index is 10.6. The van der Waals surface area contributed by atoms with Gasteiger partial charge < -0.3 is 5.11 Å². The third-order valence-electron chi connectivity index (χ3n) is 2.33. The number of hydrazine groups is 1. The summed E-state index contributed by atoms with van der Waals surface area (Å²) in [4.78, 5) is 14.9. The summed E-state index contributed by atoms with van der Waals surface area (Å²) in [5.74, 6) is -0.917. The van der Waals surface area contributed by atoms with Crippen molar-refractivity contribution < 1.29 is 9.90 Å². The van der Waals surface area contributed by atoms with Gasteiger partial charge in [0.25, 0.3) is 0 Å². The first-order chi connectivity index (χ1) is 7.25. The van der Waals surface area contributed by atoms with Gasteiger partial charge in [-0.3, -0.25) is 5.43 Å². The van der Waals surface area contributed by atoms with Gasteiger partial charge in [0.15, 0.2) is 5.13 Å². The Bertz CT molecular complexity index is 347. The van der Waals surface area contributed by atoms with E-state index in [1.54, 1.807) is 0 Å². The van der Waals surface area contributed by atoms with Crippen molar-refractivity contribution in [1.29, 1.82) is 0 Å². The molecule has 1 aromatic rings. The Labute approximate surface area is 91.7 Å².